The molecule has 0 saturated carbocycles. The predicted octanol–water partition coefficient (Wildman–Crippen LogP) is 7.64. The Bertz CT molecular complexity index is 708. The van der Waals surface area contributed by atoms with Crippen molar-refractivity contribution in [2.45, 2.75) is 122 Å². The molecule has 0 aliphatic carbocycles. The van der Waals surface area contributed by atoms with Crippen molar-refractivity contribution < 1.29 is 18.6 Å². The highest BCUT2D eigenvalue weighted by atomic mass is 28.4. The molecule has 33 heavy (non-hydrogen) atoms. The number of benzene rings is 1. The third-order valence-corrected chi connectivity index (χ3v) is 11.2. The molecule has 0 bridgehead atoms. The molecule has 1 aliphatic heterocycles. The van der Waals surface area contributed by atoms with Crippen LogP contribution in [0.2, 0.25) is 18.1 Å². The second kappa shape index (κ2) is 12.6. The van der Waals surface area contributed by atoms with Gasteiger partial charge in [0.05, 0.1) is 19.3 Å². The summed E-state index contributed by atoms with van der Waals surface area (Å²) in [6, 6.07) is 10.3. The number of unbranched alkanes of at least 4 members (excludes halogenated alkanes) is 3. The molecule has 1 aliphatic rings. The maximum atomic E-state index is 6.93. The van der Waals surface area contributed by atoms with E-state index in [1.807, 2.05) is 32.0 Å². The van der Waals surface area contributed by atoms with Crippen LogP contribution in [0.3, 0.4) is 0 Å². The van der Waals surface area contributed by atoms with Crippen molar-refractivity contribution in [3.05, 3.63) is 48.0 Å². The summed E-state index contributed by atoms with van der Waals surface area (Å²) in [5, 5.41) is 0.129. The topological polar surface area (TPSA) is 36.9 Å². The molecule has 3 atom stereocenters. The van der Waals surface area contributed by atoms with Crippen LogP contribution in [0, 0.1) is 0 Å². The summed E-state index contributed by atoms with van der Waals surface area (Å²) in [4.78, 5) is 0. The zero-order valence-electron chi connectivity index (χ0n) is 22.4. The highest BCUT2D eigenvalue weighted by Gasteiger charge is 2.48. The quantitative estimate of drug-likeness (QED) is 0.166. The molecule has 4 nitrogen and oxygen atoms in total. The molecule has 0 unspecified atom stereocenters. The first-order chi connectivity index (χ1) is 15.5. The summed E-state index contributed by atoms with van der Waals surface area (Å²) in [6.07, 6.45) is 9.94. The molecule has 0 amide bonds. The lowest BCUT2D eigenvalue weighted by molar-refractivity contribution is -0.157. The molecule has 2 rings (SSSR count). The van der Waals surface area contributed by atoms with Gasteiger partial charge in [0.15, 0.2) is 14.1 Å². The number of allylic oxidation sites excluding steroid dienone is 1. The van der Waals surface area contributed by atoms with Gasteiger partial charge in [-0.15, -0.1) is 0 Å². The third-order valence-electron chi connectivity index (χ3n) is 6.74. The van der Waals surface area contributed by atoms with Crippen LogP contribution in [-0.2, 0) is 25.2 Å². The predicted molar refractivity (Wildman–Crippen MR) is 140 cm³/mol. The lowest BCUT2D eigenvalue weighted by Crippen LogP contribution is -2.49. The molecule has 1 aromatic rings. The number of hydrogen-bond acceptors (Lipinski definition) is 4. The molecule has 1 fully saturated rings. The fourth-order valence-corrected chi connectivity index (χ4v) is 5.18. The van der Waals surface area contributed by atoms with Gasteiger partial charge in [0.2, 0.25) is 0 Å². The summed E-state index contributed by atoms with van der Waals surface area (Å²) in [6.45, 7) is 18.8. The first-order valence-corrected chi connectivity index (χ1v) is 15.7. The molecule has 5 heteroatoms. The van der Waals surface area contributed by atoms with Crippen LogP contribution in [0.5, 0.6) is 0 Å². The van der Waals surface area contributed by atoms with Crippen molar-refractivity contribution in [3.63, 3.8) is 0 Å². The average Bonchev–Trinajstić information content (AvgIpc) is 3.04. The maximum absolute atomic E-state index is 6.93. The Balaban J connectivity index is 2.11. The van der Waals surface area contributed by atoms with Crippen LogP contribution >= 0.6 is 0 Å². The van der Waals surface area contributed by atoms with Gasteiger partial charge in [-0.2, -0.15) is 0 Å². The van der Waals surface area contributed by atoms with Crippen LogP contribution in [0.25, 0.3) is 0 Å². The molecule has 0 N–H and O–H groups in total. The highest BCUT2D eigenvalue weighted by Crippen LogP contribution is 2.40. The maximum Gasteiger partial charge on any atom is 0.192 e. The van der Waals surface area contributed by atoms with Crippen molar-refractivity contribution in [3.8, 4) is 0 Å². The van der Waals surface area contributed by atoms with E-state index in [1.165, 1.54) is 19.3 Å². The van der Waals surface area contributed by atoms with Gasteiger partial charge in [0, 0.05) is 0 Å². The summed E-state index contributed by atoms with van der Waals surface area (Å²) in [5.41, 5.74) is 1.16. The van der Waals surface area contributed by atoms with Gasteiger partial charge in [-0.3, -0.25) is 0 Å². The van der Waals surface area contributed by atoms with E-state index in [4.69, 9.17) is 18.6 Å². The van der Waals surface area contributed by atoms with Crippen molar-refractivity contribution in [2.75, 3.05) is 6.61 Å². The zero-order chi connectivity index (χ0) is 24.5. The second-order valence-corrected chi connectivity index (χ2v) is 16.0. The van der Waals surface area contributed by atoms with Crippen molar-refractivity contribution in [2.24, 2.45) is 0 Å². The molecule has 1 aromatic carbocycles. The normalized spacial score (nSPS) is 22.2. The molecule has 0 radical (unpaired) electrons. The number of rotatable bonds is 13. The molecular weight excluding hydrogens is 428 g/mol. The summed E-state index contributed by atoms with van der Waals surface area (Å²) in [7, 11) is -1.99. The van der Waals surface area contributed by atoms with E-state index >= 15 is 0 Å². The first kappa shape index (κ1) is 28.3. The summed E-state index contributed by atoms with van der Waals surface area (Å²) < 4.78 is 25.8. The van der Waals surface area contributed by atoms with Gasteiger partial charge in [0.1, 0.15) is 12.2 Å². The van der Waals surface area contributed by atoms with Gasteiger partial charge in [-0.05, 0) is 56.8 Å². The van der Waals surface area contributed by atoms with Gasteiger partial charge >= 0.3 is 0 Å². The second-order valence-electron chi connectivity index (χ2n) is 11.3. The van der Waals surface area contributed by atoms with Crippen LogP contribution in [-0.4, -0.2) is 39.0 Å². The van der Waals surface area contributed by atoms with Crippen LogP contribution in [0.4, 0.5) is 0 Å². The minimum atomic E-state index is -1.99. The zero-order valence-corrected chi connectivity index (χ0v) is 23.4. The first-order valence-electron chi connectivity index (χ1n) is 12.8. The van der Waals surface area contributed by atoms with Gasteiger partial charge in [-0.1, -0.05) is 83.0 Å². The van der Waals surface area contributed by atoms with E-state index in [0.29, 0.717) is 13.2 Å². The van der Waals surface area contributed by atoms with E-state index in [2.05, 4.69) is 65.1 Å². The SMILES string of the molecule is CCCCC/C=C\C[C@@H](O[Si](C)(C)C(C)(C)C)[C@H]1OC(C)(C)O[C@@H]1COCc1ccccc1. The molecule has 1 heterocycles. The monoisotopic (exact) mass is 476 g/mol. The van der Waals surface area contributed by atoms with Crippen LogP contribution in [0.15, 0.2) is 42.5 Å². The van der Waals surface area contributed by atoms with E-state index in [-0.39, 0.29) is 23.4 Å². The van der Waals surface area contributed by atoms with E-state index < -0.39 is 14.1 Å². The average molecular weight is 477 g/mol. The Kier molecular flexibility index (Phi) is 10.8. The summed E-state index contributed by atoms with van der Waals surface area (Å²) in [5.74, 6) is -0.647. The number of ether oxygens (including phenoxy) is 3. The standard InChI is InChI=1S/C28H48O4Si/c1-9-10-11-12-13-17-20-24(32-33(7,8)27(2,3)4)26-25(30-28(5,6)31-26)22-29-21-23-18-15-14-16-19-23/h13-19,24-26H,9-12,20-22H2,1-8H3/b17-13-/t24-,25-,26-/m1/s1. The molecule has 0 aromatic heterocycles. The Morgan fingerprint density at radius 3 is 2.39 bits per heavy atom. The molecule has 0 spiro atoms. The Morgan fingerprint density at radius 1 is 1.06 bits per heavy atom. The van der Waals surface area contributed by atoms with Gasteiger partial charge < -0.3 is 18.6 Å². The van der Waals surface area contributed by atoms with Crippen LogP contribution in [0.1, 0.15) is 79.2 Å². The molecule has 188 valence electrons. The van der Waals surface area contributed by atoms with Crippen molar-refractivity contribution >= 4 is 8.32 Å². The Labute approximate surface area is 204 Å². The Hall–Kier alpha value is -0.983. The van der Waals surface area contributed by atoms with E-state index in [1.54, 1.807) is 0 Å². The van der Waals surface area contributed by atoms with Gasteiger partial charge in [0.25, 0.3) is 0 Å². The van der Waals surface area contributed by atoms with Crippen molar-refractivity contribution in [1.82, 2.24) is 0 Å². The summed E-state index contributed by atoms with van der Waals surface area (Å²) >= 11 is 0. The van der Waals surface area contributed by atoms with Gasteiger partial charge in [-0.25, -0.2) is 0 Å². The fourth-order valence-electron chi connectivity index (χ4n) is 3.84. The third kappa shape index (κ3) is 9.29. The molecular formula is C28H48O4Si. The smallest absolute Gasteiger partial charge is 0.192 e. The lowest BCUT2D eigenvalue weighted by Gasteiger charge is -2.41. The highest BCUT2D eigenvalue weighted by molar-refractivity contribution is 6.74. The molecule has 1 saturated heterocycles. The van der Waals surface area contributed by atoms with E-state index in [9.17, 15) is 0 Å². The minimum Gasteiger partial charge on any atom is -0.411 e. The lowest BCUT2D eigenvalue weighted by atomic mass is 10.0. The Morgan fingerprint density at radius 2 is 1.76 bits per heavy atom. The van der Waals surface area contributed by atoms with E-state index in [0.717, 1.165) is 18.4 Å². The largest absolute Gasteiger partial charge is 0.411 e. The minimum absolute atomic E-state index is 0.0552. The van der Waals surface area contributed by atoms with Crippen LogP contribution < -0.4 is 0 Å². The van der Waals surface area contributed by atoms with Crippen molar-refractivity contribution in [1.29, 1.82) is 0 Å². The fraction of sp³-hybridized carbons (Fsp3) is 0.714. The number of hydrogen-bond donors (Lipinski definition) is 0.